The average molecular weight is 326 g/mol. The highest BCUT2D eigenvalue weighted by Crippen LogP contribution is 2.32. The first-order chi connectivity index (χ1) is 11.5. The molecule has 0 unspecified atom stereocenters. The lowest BCUT2D eigenvalue weighted by Gasteiger charge is -2.25. The molecule has 6 heteroatoms. The predicted molar refractivity (Wildman–Crippen MR) is 87.4 cm³/mol. The van der Waals surface area contributed by atoms with E-state index in [2.05, 4.69) is 0 Å². The quantitative estimate of drug-likeness (QED) is 0.490. The van der Waals surface area contributed by atoms with E-state index < -0.39 is 12.1 Å². The van der Waals surface area contributed by atoms with E-state index in [0.717, 1.165) is 17.7 Å². The first-order valence-electron chi connectivity index (χ1n) is 7.79. The summed E-state index contributed by atoms with van der Waals surface area (Å²) in [5.74, 6) is -1.11. The average Bonchev–Trinajstić information content (AvgIpc) is 2.90. The van der Waals surface area contributed by atoms with Gasteiger partial charge >= 0.3 is 11.7 Å². The van der Waals surface area contributed by atoms with Crippen molar-refractivity contribution >= 4 is 17.6 Å². The van der Waals surface area contributed by atoms with E-state index in [-0.39, 0.29) is 17.6 Å². The first-order valence-corrected chi connectivity index (χ1v) is 7.79. The maximum absolute atomic E-state index is 12.7. The number of fused-ring (bicyclic) bond motifs is 1. The van der Waals surface area contributed by atoms with Crippen molar-refractivity contribution in [2.45, 2.75) is 32.4 Å². The number of pyridine rings is 1. The zero-order chi connectivity index (χ0) is 17.3. The standard InChI is InChI=1S/C18H18N2O4/c1-12-11-14-7-3-4-8-15(14)20(12)17(21)13(2)24-18(22)16-9-5-6-10-19(16)23/h3-10,12-13H,11H2,1-2H3/t12-,13+/m0/s1. The number of hydrogen-bond acceptors (Lipinski definition) is 4. The molecule has 0 saturated heterocycles. The Bertz CT molecular complexity index is 790. The molecule has 1 aromatic heterocycles. The van der Waals surface area contributed by atoms with Crippen LogP contribution in [-0.2, 0) is 16.0 Å². The number of benzene rings is 1. The van der Waals surface area contributed by atoms with E-state index in [9.17, 15) is 14.8 Å². The number of hydrogen-bond donors (Lipinski definition) is 0. The third-order valence-corrected chi connectivity index (χ3v) is 4.11. The molecule has 0 saturated carbocycles. The van der Waals surface area contributed by atoms with Crippen LogP contribution in [0.15, 0.2) is 48.7 Å². The molecule has 2 aromatic rings. The van der Waals surface area contributed by atoms with Crippen LogP contribution in [0.2, 0.25) is 0 Å². The summed E-state index contributed by atoms with van der Waals surface area (Å²) in [7, 11) is 0. The fraction of sp³-hybridized carbons (Fsp3) is 0.278. The monoisotopic (exact) mass is 326 g/mol. The van der Waals surface area contributed by atoms with Gasteiger partial charge in [-0.3, -0.25) is 4.79 Å². The first kappa shape index (κ1) is 16.0. The van der Waals surface area contributed by atoms with Gasteiger partial charge in [-0.1, -0.05) is 18.2 Å². The molecule has 124 valence electrons. The number of rotatable bonds is 3. The van der Waals surface area contributed by atoms with Crippen molar-refractivity contribution in [3.05, 3.63) is 65.1 Å². The van der Waals surface area contributed by atoms with Gasteiger partial charge in [0.1, 0.15) is 0 Å². The number of ether oxygens (including phenoxy) is 1. The molecule has 0 aliphatic carbocycles. The van der Waals surface area contributed by atoms with Crippen LogP contribution in [0.5, 0.6) is 0 Å². The fourth-order valence-corrected chi connectivity index (χ4v) is 2.95. The molecule has 0 N–H and O–H groups in total. The molecule has 24 heavy (non-hydrogen) atoms. The zero-order valence-corrected chi connectivity index (χ0v) is 13.5. The zero-order valence-electron chi connectivity index (χ0n) is 13.5. The lowest BCUT2D eigenvalue weighted by Crippen LogP contribution is -2.44. The van der Waals surface area contributed by atoms with Crippen LogP contribution < -0.4 is 9.63 Å². The number of esters is 1. The second kappa shape index (κ2) is 6.31. The summed E-state index contributed by atoms with van der Waals surface area (Å²) in [6.07, 6.45) is 0.996. The maximum Gasteiger partial charge on any atom is 0.405 e. The van der Waals surface area contributed by atoms with Gasteiger partial charge in [0.05, 0.1) is 0 Å². The second-order valence-corrected chi connectivity index (χ2v) is 5.85. The highest BCUT2D eigenvalue weighted by Gasteiger charge is 2.35. The number of anilines is 1. The predicted octanol–water partition coefficient (Wildman–Crippen LogP) is 1.84. The number of para-hydroxylation sites is 1. The minimum absolute atomic E-state index is 0.00257. The lowest BCUT2D eigenvalue weighted by atomic mass is 10.1. The summed E-state index contributed by atoms with van der Waals surface area (Å²) >= 11 is 0. The summed E-state index contributed by atoms with van der Waals surface area (Å²) in [6.45, 7) is 3.47. The largest absolute Gasteiger partial charge is 0.618 e. The van der Waals surface area contributed by atoms with E-state index >= 15 is 0 Å². The summed E-state index contributed by atoms with van der Waals surface area (Å²) < 4.78 is 5.63. The molecule has 0 fully saturated rings. The Labute approximate surface area is 139 Å². The van der Waals surface area contributed by atoms with Crippen LogP contribution in [0.4, 0.5) is 5.69 Å². The van der Waals surface area contributed by atoms with Gasteiger partial charge in [-0.2, -0.15) is 4.73 Å². The number of amides is 1. The molecule has 1 amide bonds. The molecule has 3 rings (SSSR count). The van der Waals surface area contributed by atoms with Crippen molar-refractivity contribution in [3.8, 4) is 0 Å². The Balaban J connectivity index is 1.76. The normalized spacial score (nSPS) is 17.2. The van der Waals surface area contributed by atoms with Gasteiger partial charge in [-0.25, -0.2) is 4.79 Å². The van der Waals surface area contributed by atoms with E-state index in [1.54, 1.807) is 11.0 Å². The lowest BCUT2D eigenvalue weighted by molar-refractivity contribution is -0.608. The van der Waals surface area contributed by atoms with Crippen LogP contribution in [0.1, 0.15) is 29.9 Å². The molecule has 6 nitrogen and oxygen atoms in total. The molecule has 0 radical (unpaired) electrons. The van der Waals surface area contributed by atoms with Crippen molar-refractivity contribution in [2.24, 2.45) is 0 Å². The second-order valence-electron chi connectivity index (χ2n) is 5.85. The summed E-state index contributed by atoms with van der Waals surface area (Å²) in [5, 5.41) is 11.6. The van der Waals surface area contributed by atoms with Crippen molar-refractivity contribution in [3.63, 3.8) is 0 Å². The third-order valence-electron chi connectivity index (χ3n) is 4.11. The van der Waals surface area contributed by atoms with Crippen molar-refractivity contribution in [2.75, 3.05) is 4.90 Å². The van der Waals surface area contributed by atoms with Gasteiger partial charge < -0.3 is 14.8 Å². The fourth-order valence-electron chi connectivity index (χ4n) is 2.95. The molecule has 0 spiro atoms. The molecule has 0 bridgehead atoms. The molecule has 1 aromatic carbocycles. The molecule has 1 aliphatic heterocycles. The van der Waals surface area contributed by atoms with Crippen LogP contribution in [0.25, 0.3) is 0 Å². The smallest absolute Gasteiger partial charge is 0.405 e. The molecule has 1 aliphatic rings. The minimum atomic E-state index is -0.980. The summed E-state index contributed by atoms with van der Waals surface area (Å²) in [5.41, 5.74) is 1.79. The van der Waals surface area contributed by atoms with E-state index in [0.29, 0.717) is 4.73 Å². The van der Waals surface area contributed by atoms with E-state index in [4.69, 9.17) is 4.74 Å². The van der Waals surface area contributed by atoms with Gasteiger partial charge in [0.15, 0.2) is 12.3 Å². The van der Waals surface area contributed by atoms with Crippen molar-refractivity contribution in [1.29, 1.82) is 0 Å². The van der Waals surface area contributed by atoms with E-state index in [1.165, 1.54) is 25.3 Å². The highest BCUT2D eigenvalue weighted by molar-refractivity contribution is 6.00. The third kappa shape index (κ3) is 2.82. The summed E-state index contributed by atoms with van der Waals surface area (Å²) in [6, 6.07) is 12.1. The Kier molecular flexibility index (Phi) is 4.20. The highest BCUT2D eigenvalue weighted by atomic mass is 16.6. The van der Waals surface area contributed by atoms with Crippen molar-refractivity contribution < 1.29 is 19.1 Å². The minimum Gasteiger partial charge on any atom is -0.618 e. The van der Waals surface area contributed by atoms with Crippen LogP contribution in [0, 0.1) is 5.21 Å². The van der Waals surface area contributed by atoms with Gasteiger partial charge in [0.25, 0.3) is 5.91 Å². The molecule has 2 atom stereocenters. The van der Waals surface area contributed by atoms with Gasteiger partial charge in [-0.15, -0.1) is 0 Å². The number of carbonyl (C=O) groups excluding carboxylic acids is 2. The number of nitrogens with zero attached hydrogens (tertiary/aromatic N) is 2. The SMILES string of the molecule is C[C@@H](OC(=O)c1cccc[n+]1[O-])C(=O)N1c2ccccc2C[C@@H]1C. The van der Waals surface area contributed by atoms with Crippen LogP contribution in [0.3, 0.4) is 0 Å². The van der Waals surface area contributed by atoms with Gasteiger partial charge in [0.2, 0.25) is 0 Å². The van der Waals surface area contributed by atoms with Crippen LogP contribution >= 0.6 is 0 Å². The molecular formula is C18H18N2O4. The van der Waals surface area contributed by atoms with E-state index in [1.807, 2.05) is 31.2 Å². The van der Waals surface area contributed by atoms with Gasteiger partial charge in [-0.05, 0) is 38.0 Å². The maximum atomic E-state index is 12.7. The number of aromatic nitrogens is 1. The Hall–Kier alpha value is -2.89. The van der Waals surface area contributed by atoms with Crippen molar-refractivity contribution in [1.82, 2.24) is 0 Å². The Morgan fingerprint density at radius 1 is 1.25 bits per heavy atom. The molecular weight excluding hydrogens is 308 g/mol. The van der Waals surface area contributed by atoms with Gasteiger partial charge in [0, 0.05) is 23.9 Å². The van der Waals surface area contributed by atoms with Crippen LogP contribution in [-0.4, -0.2) is 24.0 Å². The Morgan fingerprint density at radius 2 is 1.96 bits per heavy atom. The number of carbonyl (C=O) groups is 2. The topological polar surface area (TPSA) is 73.5 Å². The Morgan fingerprint density at radius 3 is 2.71 bits per heavy atom. The molecule has 2 heterocycles. The summed E-state index contributed by atoms with van der Waals surface area (Å²) in [4.78, 5) is 26.5.